The molecule has 0 bridgehead atoms. The molecule has 0 aromatic carbocycles. The average molecular weight is 240 g/mol. The highest BCUT2D eigenvalue weighted by Gasteiger charge is 2.21. The van der Waals surface area contributed by atoms with Crippen LogP contribution in [0.2, 0.25) is 5.15 Å². The number of rotatable bonds is 3. The highest BCUT2D eigenvalue weighted by molar-refractivity contribution is 6.29. The van der Waals surface area contributed by atoms with Crippen LogP contribution in [0.5, 0.6) is 0 Å². The van der Waals surface area contributed by atoms with Gasteiger partial charge < -0.3 is 4.90 Å². The average Bonchev–Trinajstić information content (AvgIpc) is 2.33. The number of nitrogens with zero attached hydrogens (tertiary/aromatic N) is 3. The second kappa shape index (κ2) is 5.60. The predicted octanol–water partition coefficient (Wildman–Crippen LogP) is 2.55. The maximum atomic E-state index is 5.73. The topological polar surface area (TPSA) is 29.0 Å². The Morgan fingerprint density at radius 1 is 1.38 bits per heavy atom. The predicted molar refractivity (Wildman–Crippen MR) is 65.6 cm³/mol. The van der Waals surface area contributed by atoms with Crippen molar-refractivity contribution in [1.82, 2.24) is 15.1 Å². The third-order valence-electron chi connectivity index (χ3n) is 3.29. The van der Waals surface area contributed by atoms with Crippen molar-refractivity contribution in [2.24, 2.45) is 0 Å². The summed E-state index contributed by atoms with van der Waals surface area (Å²) in [5.41, 5.74) is 1.05. The van der Waals surface area contributed by atoms with E-state index in [1.54, 1.807) is 0 Å². The van der Waals surface area contributed by atoms with Crippen molar-refractivity contribution in [3.05, 3.63) is 23.0 Å². The van der Waals surface area contributed by atoms with Gasteiger partial charge in [-0.3, -0.25) is 0 Å². The highest BCUT2D eigenvalue weighted by Crippen LogP contribution is 2.19. The molecule has 0 N–H and O–H groups in total. The summed E-state index contributed by atoms with van der Waals surface area (Å²) in [6, 6.07) is 4.44. The molecule has 0 spiro atoms. The Hall–Kier alpha value is -0.670. The molecule has 1 aliphatic rings. The maximum Gasteiger partial charge on any atom is 0.151 e. The van der Waals surface area contributed by atoms with Crippen LogP contribution < -0.4 is 0 Å². The van der Waals surface area contributed by atoms with Gasteiger partial charge in [0.25, 0.3) is 0 Å². The lowest BCUT2D eigenvalue weighted by molar-refractivity contribution is 0.154. The summed E-state index contributed by atoms with van der Waals surface area (Å²) >= 11 is 5.73. The van der Waals surface area contributed by atoms with Crippen LogP contribution in [0.1, 0.15) is 31.9 Å². The lowest BCUT2D eigenvalue weighted by atomic mass is 9.98. The molecule has 2 rings (SSSR count). The first-order chi connectivity index (χ1) is 7.79. The number of halogens is 1. The third-order valence-corrected chi connectivity index (χ3v) is 3.49. The summed E-state index contributed by atoms with van der Waals surface area (Å²) in [4.78, 5) is 2.54. The first-order valence-electron chi connectivity index (χ1n) is 6.01. The van der Waals surface area contributed by atoms with Crippen LogP contribution in [0.3, 0.4) is 0 Å². The van der Waals surface area contributed by atoms with E-state index in [4.69, 9.17) is 11.6 Å². The Morgan fingerprint density at radius 3 is 2.94 bits per heavy atom. The van der Waals surface area contributed by atoms with Gasteiger partial charge in [-0.25, -0.2) is 0 Å². The van der Waals surface area contributed by atoms with Crippen molar-refractivity contribution in [2.75, 3.05) is 13.1 Å². The van der Waals surface area contributed by atoms with Gasteiger partial charge in [-0.2, -0.15) is 5.10 Å². The number of hydrogen-bond acceptors (Lipinski definition) is 3. The van der Waals surface area contributed by atoms with Crippen molar-refractivity contribution in [1.29, 1.82) is 0 Å². The van der Waals surface area contributed by atoms with Crippen molar-refractivity contribution in [3.63, 3.8) is 0 Å². The van der Waals surface area contributed by atoms with Gasteiger partial charge in [0, 0.05) is 12.5 Å². The van der Waals surface area contributed by atoms with Gasteiger partial charge in [0.1, 0.15) is 0 Å². The Labute approximate surface area is 102 Å². The minimum atomic E-state index is 0.472. The van der Waals surface area contributed by atoms with Crippen LogP contribution in [0.25, 0.3) is 0 Å². The van der Waals surface area contributed by atoms with Crippen molar-refractivity contribution in [3.8, 4) is 0 Å². The Kier molecular flexibility index (Phi) is 4.13. The van der Waals surface area contributed by atoms with Crippen molar-refractivity contribution >= 4 is 11.6 Å². The molecule has 4 heteroatoms. The number of likely N-dealkylation sites (N-methyl/N-ethyl adjacent to an activating group) is 1. The minimum Gasteiger partial charge on any atom is -0.300 e. The van der Waals surface area contributed by atoms with E-state index in [2.05, 4.69) is 22.0 Å². The Bertz CT molecular complexity index is 326. The molecule has 2 heterocycles. The molecule has 16 heavy (non-hydrogen) atoms. The van der Waals surface area contributed by atoms with Gasteiger partial charge in [0.2, 0.25) is 0 Å². The van der Waals surface area contributed by atoms with Crippen molar-refractivity contribution < 1.29 is 0 Å². The summed E-state index contributed by atoms with van der Waals surface area (Å²) in [5.74, 6) is 0. The molecular formula is C12H18ClN3. The molecule has 0 saturated carbocycles. The van der Waals surface area contributed by atoms with Gasteiger partial charge in [-0.1, -0.05) is 24.9 Å². The first kappa shape index (κ1) is 11.8. The first-order valence-corrected chi connectivity index (χ1v) is 6.39. The quantitative estimate of drug-likeness (QED) is 0.812. The van der Waals surface area contributed by atoms with Gasteiger partial charge >= 0.3 is 0 Å². The molecule has 1 aromatic rings. The maximum absolute atomic E-state index is 5.73. The van der Waals surface area contributed by atoms with E-state index in [0.29, 0.717) is 11.2 Å². The summed E-state index contributed by atoms with van der Waals surface area (Å²) in [6.07, 6.45) is 4.94. The zero-order valence-electron chi connectivity index (χ0n) is 9.69. The molecule has 88 valence electrons. The molecule has 1 unspecified atom stereocenters. The van der Waals surface area contributed by atoms with E-state index in [1.807, 2.05) is 12.1 Å². The molecule has 1 aliphatic heterocycles. The summed E-state index contributed by atoms with van der Waals surface area (Å²) in [6.45, 7) is 4.58. The van der Waals surface area contributed by atoms with Crippen LogP contribution in [0, 0.1) is 0 Å². The van der Waals surface area contributed by atoms with Crippen LogP contribution in [-0.4, -0.2) is 34.2 Å². The van der Waals surface area contributed by atoms with Gasteiger partial charge in [0.05, 0.1) is 5.69 Å². The molecule has 3 nitrogen and oxygen atoms in total. The minimum absolute atomic E-state index is 0.472. The number of aromatic nitrogens is 2. The standard InChI is InChI=1S/C12H18ClN3/c1-2-16-8-4-3-5-11(16)9-10-6-7-12(13)15-14-10/h6-7,11H,2-5,8-9H2,1H3. The van der Waals surface area contributed by atoms with E-state index in [9.17, 15) is 0 Å². The summed E-state index contributed by atoms with van der Waals surface area (Å²) in [7, 11) is 0. The molecule has 1 fully saturated rings. The highest BCUT2D eigenvalue weighted by atomic mass is 35.5. The summed E-state index contributed by atoms with van der Waals surface area (Å²) in [5, 5.41) is 8.50. The molecule has 1 aromatic heterocycles. The van der Waals surface area contributed by atoms with Crippen LogP contribution in [0.4, 0.5) is 0 Å². The van der Waals surface area contributed by atoms with E-state index in [-0.39, 0.29) is 0 Å². The Balaban J connectivity index is 1.99. The number of piperidine rings is 1. The van der Waals surface area contributed by atoms with E-state index >= 15 is 0 Å². The second-order valence-electron chi connectivity index (χ2n) is 4.33. The molecular weight excluding hydrogens is 222 g/mol. The monoisotopic (exact) mass is 239 g/mol. The molecule has 0 aliphatic carbocycles. The van der Waals surface area contributed by atoms with Gasteiger partial charge in [-0.05, 0) is 38.1 Å². The third kappa shape index (κ3) is 2.92. The normalized spacial score (nSPS) is 22.2. The van der Waals surface area contributed by atoms with Crippen LogP contribution in [0.15, 0.2) is 12.1 Å². The Morgan fingerprint density at radius 2 is 2.25 bits per heavy atom. The van der Waals surface area contributed by atoms with Gasteiger partial charge in [-0.15, -0.1) is 5.10 Å². The zero-order valence-corrected chi connectivity index (χ0v) is 10.5. The fourth-order valence-electron chi connectivity index (χ4n) is 2.40. The number of likely N-dealkylation sites (tertiary alicyclic amines) is 1. The van der Waals surface area contributed by atoms with Crippen LogP contribution >= 0.6 is 11.6 Å². The summed E-state index contributed by atoms with van der Waals surface area (Å²) < 4.78 is 0. The fourth-order valence-corrected chi connectivity index (χ4v) is 2.50. The lowest BCUT2D eigenvalue weighted by Gasteiger charge is -2.34. The molecule has 0 amide bonds. The lowest BCUT2D eigenvalue weighted by Crippen LogP contribution is -2.40. The van der Waals surface area contributed by atoms with Gasteiger partial charge in [0.15, 0.2) is 5.15 Å². The molecule has 1 atom stereocenters. The number of hydrogen-bond donors (Lipinski definition) is 0. The van der Waals surface area contributed by atoms with E-state index in [0.717, 1.165) is 18.7 Å². The van der Waals surface area contributed by atoms with E-state index < -0.39 is 0 Å². The zero-order chi connectivity index (χ0) is 11.4. The second-order valence-corrected chi connectivity index (χ2v) is 4.72. The fraction of sp³-hybridized carbons (Fsp3) is 0.667. The molecule has 0 radical (unpaired) electrons. The molecule has 1 saturated heterocycles. The van der Waals surface area contributed by atoms with Crippen LogP contribution in [-0.2, 0) is 6.42 Å². The van der Waals surface area contributed by atoms with E-state index in [1.165, 1.54) is 25.8 Å². The van der Waals surface area contributed by atoms with Crippen molar-refractivity contribution in [2.45, 2.75) is 38.6 Å². The largest absolute Gasteiger partial charge is 0.300 e. The SMILES string of the molecule is CCN1CCCCC1Cc1ccc(Cl)nn1. The smallest absolute Gasteiger partial charge is 0.151 e.